The Bertz CT molecular complexity index is 583. The van der Waals surface area contributed by atoms with Crippen molar-refractivity contribution in [3.8, 4) is 5.75 Å². The van der Waals surface area contributed by atoms with Crippen LogP contribution in [0.3, 0.4) is 0 Å². The largest absolute Gasteiger partial charge is 0.385 e. The Morgan fingerprint density at radius 3 is 2.39 bits per heavy atom. The summed E-state index contributed by atoms with van der Waals surface area (Å²) in [7, 11) is -1.89. The normalized spacial score (nSPS) is 11.3. The Balaban J connectivity index is 2.72. The standard InChI is InChI=1S/C16H25NO5S/c1-4-6-16(18)17(11-5-12-21-2)13-14-7-9-15(10-8-14)22-23(3,19)20/h7-10H,4-6,11-13H2,1-3H3. The maximum Gasteiger partial charge on any atom is 0.306 e. The number of amides is 1. The van der Waals surface area contributed by atoms with Gasteiger partial charge in [-0.2, -0.15) is 8.42 Å². The Hall–Kier alpha value is -1.60. The van der Waals surface area contributed by atoms with Gasteiger partial charge < -0.3 is 13.8 Å². The number of rotatable bonds is 10. The second-order valence-corrected chi connectivity index (χ2v) is 6.92. The Morgan fingerprint density at radius 2 is 1.87 bits per heavy atom. The molecular weight excluding hydrogens is 318 g/mol. The lowest BCUT2D eigenvalue weighted by atomic mass is 10.2. The first-order valence-corrected chi connectivity index (χ1v) is 9.42. The van der Waals surface area contributed by atoms with Gasteiger partial charge in [-0.25, -0.2) is 0 Å². The smallest absolute Gasteiger partial charge is 0.306 e. The summed E-state index contributed by atoms with van der Waals surface area (Å²) in [6.45, 7) is 3.70. The van der Waals surface area contributed by atoms with Crippen LogP contribution in [-0.2, 0) is 26.2 Å². The Kier molecular flexibility index (Phi) is 8.05. The van der Waals surface area contributed by atoms with Crippen LogP contribution in [0.25, 0.3) is 0 Å². The van der Waals surface area contributed by atoms with Crippen molar-refractivity contribution in [2.24, 2.45) is 0 Å². The van der Waals surface area contributed by atoms with Crippen molar-refractivity contribution in [2.45, 2.75) is 32.7 Å². The number of ether oxygens (including phenoxy) is 1. The van der Waals surface area contributed by atoms with Gasteiger partial charge in [-0.05, 0) is 30.5 Å². The first-order chi connectivity index (χ1) is 10.9. The highest BCUT2D eigenvalue weighted by molar-refractivity contribution is 7.86. The van der Waals surface area contributed by atoms with E-state index in [1.807, 2.05) is 6.92 Å². The highest BCUT2D eigenvalue weighted by Crippen LogP contribution is 2.16. The van der Waals surface area contributed by atoms with E-state index in [0.717, 1.165) is 24.7 Å². The Labute approximate surface area is 138 Å². The lowest BCUT2D eigenvalue weighted by molar-refractivity contribution is -0.132. The van der Waals surface area contributed by atoms with Crippen LogP contribution in [-0.4, -0.2) is 45.7 Å². The number of carbonyl (C=O) groups excluding carboxylic acids is 1. The summed E-state index contributed by atoms with van der Waals surface area (Å²) >= 11 is 0. The summed E-state index contributed by atoms with van der Waals surface area (Å²) in [4.78, 5) is 14.0. The Morgan fingerprint density at radius 1 is 1.22 bits per heavy atom. The summed E-state index contributed by atoms with van der Waals surface area (Å²) in [5.74, 6) is 0.377. The molecule has 7 heteroatoms. The van der Waals surface area contributed by atoms with Crippen molar-refractivity contribution in [3.63, 3.8) is 0 Å². The van der Waals surface area contributed by atoms with Crippen LogP contribution in [0.4, 0.5) is 0 Å². The number of carbonyl (C=O) groups is 1. The van der Waals surface area contributed by atoms with Gasteiger partial charge in [-0.1, -0.05) is 19.1 Å². The van der Waals surface area contributed by atoms with Crippen LogP contribution in [0.15, 0.2) is 24.3 Å². The molecule has 1 rings (SSSR count). The molecule has 0 N–H and O–H groups in total. The third kappa shape index (κ3) is 7.99. The van der Waals surface area contributed by atoms with Gasteiger partial charge in [0, 0.05) is 33.2 Å². The first kappa shape index (κ1) is 19.4. The van der Waals surface area contributed by atoms with Crippen LogP contribution in [0, 0.1) is 0 Å². The molecule has 0 aliphatic heterocycles. The molecule has 0 radical (unpaired) electrons. The van der Waals surface area contributed by atoms with E-state index in [1.54, 1.807) is 36.3 Å². The monoisotopic (exact) mass is 343 g/mol. The predicted molar refractivity (Wildman–Crippen MR) is 88.7 cm³/mol. The van der Waals surface area contributed by atoms with Crippen molar-refractivity contribution < 1.29 is 22.1 Å². The van der Waals surface area contributed by atoms with E-state index in [9.17, 15) is 13.2 Å². The molecule has 0 unspecified atom stereocenters. The van der Waals surface area contributed by atoms with E-state index in [0.29, 0.717) is 26.1 Å². The molecule has 0 atom stereocenters. The molecule has 1 aromatic rings. The second kappa shape index (κ2) is 9.52. The van der Waals surface area contributed by atoms with Crippen molar-refractivity contribution in [1.29, 1.82) is 0 Å². The van der Waals surface area contributed by atoms with E-state index in [-0.39, 0.29) is 11.7 Å². The molecule has 0 fully saturated rings. The molecular formula is C16H25NO5S. The summed E-state index contributed by atoms with van der Waals surface area (Å²) < 4.78 is 32.0. The molecule has 1 amide bonds. The lowest BCUT2D eigenvalue weighted by Crippen LogP contribution is -2.31. The molecule has 0 aromatic heterocycles. The third-order valence-electron chi connectivity index (χ3n) is 3.14. The summed E-state index contributed by atoms with van der Waals surface area (Å²) in [5.41, 5.74) is 0.924. The number of hydrogen-bond donors (Lipinski definition) is 0. The van der Waals surface area contributed by atoms with Gasteiger partial charge in [0.25, 0.3) is 0 Å². The maximum atomic E-state index is 12.2. The highest BCUT2D eigenvalue weighted by Gasteiger charge is 2.13. The number of benzene rings is 1. The average molecular weight is 343 g/mol. The quantitative estimate of drug-likeness (QED) is 0.481. The van der Waals surface area contributed by atoms with Crippen LogP contribution in [0.5, 0.6) is 5.75 Å². The predicted octanol–water partition coefficient (Wildman–Crippen LogP) is 2.19. The van der Waals surface area contributed by atoms with Gasteiger partial charge in [0.2, 0.25) is 5.91 Å². The zero-order valence-corrected chi connectivity index (χ0v) is 14.8. The van der Waals surface area contributed by atoms with Crippen LogP contribution in [0.2, 0.25) is 0 Å². The molecule has 0 aliphatic carbocycles. The topological polar surface area (TPSA) is 72.9 Å². The zero-order chi connectivity index (χ0) is 17.3. The summed E-state index contributed by atoms with van der Waals surface area (Å²) in [5, 5.41) is 0. The fourth-order valence-corrected chi connectivity index (χ4v) is 2.57. The number of methoxy groups -OCH3 is 1. The second-order valence-electron chi connectivity index (χ2n) is 5.34. The maximum absolute atomic E-state index is 12.2. The first-order valence-electron chi connectivity index (χ1n) is 7.61. The molecule has 130 valence electrons. The van der Waals surface area contributed by atoms with Gasteiger partial charge in [0.1, 0.15) is 5.75 Å². The highest BCUT2D eigenvalue weighted by atomic mass is 32.2. The zero-order valence-electron chi connectivity index (χ0n) is 13.9. The number of hydrogen-bond acceptors (Lipinski definition) is 5. The van der Waals surface area contributed by atoms with Gasteiger partial charge in [0.05, 0.1) is 6.26 Å². The molecule has 6 nitrogen and oxygen atoms in total. The van der Waals surface area contributed by atoms with Gasteiger partial charge in [0.15, 0.2) is 0 Å². The molecule has 0 heterocycles. The minimum Gasteiger partial charge on any atom is -0.385 e. The lowest BCUT2D eigenvalue weighted by Gasteiger charge is -2.23. The summed E-state index contributed by atoms with van der Waals surface area (Å²) in [6.07, 6.45) is 3.10. The molecule has 23 heavy (non-hydrogen) atoms. The van der Waals surface area contributed by atoms with Gasteiger partial charge >= 0.3 is 10.1 Å². The molecule has 0 saturated carbocycles. The van der Waals surface area contributed by atoms with Crippen molar-refractivity contribution >= 4 is 16.0 Å². The van der Waals surface area contributed by atoms with Gasteiger partial charge in [-0.15, -0.1) is 0 Å². The van der Waals surface area contributed by atoms with Crippen molar-refractivity contribution in [3.05, 3.63) is 29.8 Å². The van der Waals surface area contributed by atoms with E-state index >= 15 is 0 Å². The van der Waals surface area contributed by atoms with Crippen molar-refractivity contribution in [2.75, 3.05) is 26.5 Å². The molecule has 0 bridgehead atoms. The van der Waals surface area contributed by atoms with E-state index in [2.05, 4.69) is 0 Å². The minimum atomic E-state index is -3.53. The van der Waals surface area contributed by atoms with E-state index in [4.69, 9.17) is 8.92 Å². The van der Waals surface area contributed by atoms with Crippen LogP contribution < -0.4 is 4.18 Å². The SMILES string of the molecule is CCCC(=O)N(CCCOC)Cc1ccc(OS(C)(=O)=O)cc1. The fourth-order valence-electron chi connectivity index (χ4n) is 2.11. The van der Waals surface area contributed by atoms with E-state index in [1.165, 1.54) is 0 Å². The minimum absolute atomic E-state index is 0.111. The van der Waals surface area contributed by atoms with Gasteiger partial charge in [-0.3, -0.25) is 4.79 Å². The van der Waals surface area contributed by atoms with Crippen LogP contribution in [0.1, 0.15) is 31.7 Å². The van der Waals surface area contributed by atoms with Crippen LogP contribution >= 0.6 is 0 Å². The molecule has 1 aromatic carbocycles. The molecule has 0 aliphatic rings. The third-order valence-corrected chi connectivity index (χ3v) is 3.63. The number of nitrogens with zero attached hydrogens (tertiary/aromatic N) is 1. The molecule has 0 spiro atoms. The fraction of sp³-hybridized carbons (Fsp3) is 0.562. The molecule has 0 saturated heterocycles. The van der Waals surface area contributed by atoms with E-state index < -0.39 is 10.1 Å². The average Bonchev–Trinajstić information content (AvgIpc) is 2.47. The van der Waals surface area contributed by atoms with Crippen molar-refractivity contribution in [1.82, 2.24) is 4.90 Å². The summed E-state index contributed by atoms with van der Waals surface area (Å²) in [6, 6.07) is 6.72.